The Balaban J connectivity index is 2.15. The summed E-state index contributed by atoms with van der Waals surface area (Å²) < 4.78 is 11.2. The first kappa shape index (κ1) is 15.8. The quantitative estimate of drug-likeness (QED) is 0.785. The zero-order valence-electron chi connectivity index (χ0n) is 13.4. The Kier molecular flexibility index (Phi) is 4.88. The van der Waals surface area contributed by atoms with Gasteiger partial charge < -0.3 is 14.8 Å². The first-order chi connectivity index (χ1) is 10.0. The van der Waals surface area contributed by atoms with E-state index in [1.165, 1.54) is 0 Å². The van der Waals surface area contributed by atoms with E-state index < -0.39 is 5.54 Å². The van der Waals surface area contributed by atoms with Crippen molar-refractivity contribution in [1.29, 1.82) is 0 Å². The summed E-state index contributed by atoms with van der Waals surface area (Å²) >= 11 is 0. The van der Waals surface area contributed by atoms with Crippen molar-refractivity contribution in [3.05, 3.63) is 29.3 Å². The summed E-state index contributed by atoms with van der Waals surface area (Å²) in [4.78, 5) is 12.4. The van der Waals surface area contributed by atoms with Gasteiger partial charge in [-0.05, 0) is 63.8 Å². The Morgan fingerprint density at radius 1 is 1.38 bits per heavy atom. The Morgan fingerprint density at radius 3 is 2.67 bits per heavy atom. The molecule has 1 aliphatic rings. The molecule has 4 nitrogen and oxygen atoms in total. The molecule has 0 heterocycles. The molecule has 21 heavy (non-hydrogen) atoms. The number of rotatable bonds is 7. The standard InChI is InChI=1S/C17H25NO3/c1-5-20-16(19)17(18-4,14-8-9-14)11-21-15-10-12(2)6-7-13(15)3/h6-7,10,14,18H,5,8-9,11H2,1-4H3. The van der Waals surface area contributed by atoms with Crippen LogP contribution in [0.5, 0.6) is 5.75 Å². The maximum atomic E-state index is 12.4. The van der Waals surface area contributed by atoms with Crippen LogP contribution in [0.25, 0.3) is 0 Å². The highest BCUT2D eigenvalue weighted by Crippen LogP contribution is 2.41. The second kappa shape index (κ2) is 6.48. The highest BCUT2D eigenvalue weighted by Gasteiger charge is 2.52. The van der Waals surface area contributed by atoms with Gasteiger partial charge in [-0.2, -0.15) is 0 Å². The van der Waals surface area contributed by atoms with E-state index in [4.69, 9.17) is 9.47 Å². The van der Waals surface area contributed by atoms with Crippen LogP contribution < -0.4 is 10.1 Å². The summed E-state index contributed by atoms with van der Waals surface area (Å²) in [6.07, 6.45) is 2.08. The van der Waals surface area contributed by atoms with Crippen LogP contribution in [0.1, 0.15) is 30.9 Å². The van der Waals surface area contributed by atoms with E-state index in [1.54, 1.807) is 0 Å². The lowest BCUT2D eigenvalue weighted by atomic mass is 9.94. The molecule has 1 aliphatic carbocycles. The third kappa shape index (κ3) is 3.38. The fraction of sp³-hybridized carbons (Fsp3) is 0.588. The maximum Gasteiger partial charge on any atom is 0.330 e. The SMILES string of the molecule is CCOC(=O)C(COc1cc(C)ccc1C)(NC)C1CC1. The van der Waals surface area contributed by atoms with Gasteiger partial charge in [0.05, 0.1) is 6.61 Å². The third-order valence-corrected chi connectivity index (χ3v) is 4.16. The summed E-state index contributed by atoms with van der Waals surface area (Å²) in [6, 6.07) is 6.10. The number of ether oxygens (including phenoxy) is 2. The number of hydrogen-bond acceptors (Lipinski definition) is 4. The molecular weight excluding hydrogens is 266 g/mol. The molecule has 0 aromatic heterocycles. The van der Waals surface area contributed by atoms with Gasteiger partial charge in [0.2, 0.25) is 0 Å². The molecule has 2 rings (SSSR count). The molecule has 116 valence electrons. The number of carbonyl (C=O) groups excluding carboxylic acids is 1. The van der Waals surface area contributed by atoms with E-state index in [-0.39, 0.29) is 5.97 Å². The van der Waals surface area contributed by atoms with Gasteiger partial charge in [0.25, 0.3) is 0 Å². The normalized spacial score (nSPS) is 17.1. The van der Waals surface area contributed by atoms with Gasteiger partial charge in [-0.15, -0.1) is 0 Å². The fourth-order valence-corrected chi connectivity index (χ4v) is 2.61. The van der Waals surface area contributed by atoms with Crippen LogP contribution in [0.3, 0.4) is 0 Å². The minimum atomic E-state index is -0.730. The zero-order chi connectivity index (χ0) is 15.5. The van der Waals surface area contributed by atoms with Gasteiger partial charge in [-0.1, -0.05) is 12.1 Å². The smallest absolute Gasteiger partial charge is 0.330 e. The number of hydrogen-bond donors (Lipinski definition) is 1. The van der Waals surface area contributed by atoms with E-state index >= 15 is 0 Å². The molecule has 0 bridgehead atoms. The van der Waals surface area contributed by atoms with Gasteiger partial charge in [-0.25, -0.2) is 4.79 Å². The van der Waals surface area contributed by atoms with Crippen molar-refractivity contribution in [3.8, 4) is 5.75 Å². The van der Waals surface area contributed by atoms with Crippen LogP contribution >= 0.6 is 0 Å². The molecular formula is C17H25NO3. The topological polar surface area (TPSA) is 47.6 Å². The maximum absolute atomic E-state index is 12.4. The summed E-state index contributed by atoms with van der Waals surface area (Å²) in [5.74, 6) is 0.923. The second-order valence-electron chi connectivity index (χ2n) is 5.77. The number of likely N-dealkylation sites (N-methyl/N-ethyl adjacent to an activating group) is 1. The molecule has 1 fully saturated rings. The predicted molar refractivity (Wildman–Crippen MR) is 82.6 cm³/mol. The molecule has 1 unspecified atom stereocenters. The summed E-state index contributed by atoms with van der Waals surface area (Å²) in [6.45, 7) is 6.56. The van der Waals surface area contributed by atoms with Crippen LogP contribution in [0.4, 0.5) is 0 Å². The van der Waals surface area contributed by atoms with E-state index in [1.807, 2.05) is 40.0 Å². The van der Waals surface area contributed by atoms with Gasteiger partial charge in [0.1, 0.15) is 12.4 Å². The Labute approximate surface area is 126 Å². The molecule has 0 spiro atoms. The highest BCUT2D eigenvalue weighted by molar-refractivity contribution is 5.82. The van der Waals surface area contributed by atoms with Gasteiger partial charge >= 0.3 is 5.97 Å². The van der Waals surface area contributed by atoms with Crippen molar-refractivity contribution in [3.63, 3.8) is 0 Å². The van der Waals surface area contributed by atoms with E-state index in [2.05, 4.69) is 11.4 Å². The van der Waals surface area contributed by atoms with E-state index in [0.717, 1.165) is 29.7 Å². The van der Waals surface area contributed by atoms with Crippen molar-refractivity contribution >= 4 is 5.97 Å². The molecule has 1 saturated carbocycles. The molecule has 4 heteroatoms. The van der Waals surface area contributed by atoms with Crippen molar-refractivity contribution in [2.24, 2.45) is 5.92 Å². The second-order valence-corrected chi connectivity index (χ2v) is 5.77. The fourth-order valence-electron chi connectivity index (χ4n) is 2.61. The Morgan fingerprint density at radius 2 is 2.10 bits per heavy atom. The van der Waals surface area contributed by atoms with Gasteiger partial charge in [0.15, 0.2) is 5.54 Å². The molecule has 0 saturated heterocycles. The largest absolute Gasteiger partial charge is 0.491 e. The van der Waals surface area contributed by atoms with Crippen LogP contribution in [0, 0.1) is 19.8 Å². The van der Waals surface area contributed by atoms with Crippen molar-refractivity contribution in [2.75, 3.05) is 20.3 Å². The lowest BCUT2D eigenvalue weighted by molar-refractivity contribution is -0.153. The lowest BCUT2D eigenvalue weighted by Crippen LogP contribution is -2.57. The number of nitrogens with one attached hydrogen (secondary N) is 1. The zero-order valence-corrected chi connectivity index (χ0v) is 13.4. The molecule has 1 atom stereocenters. The first-order valence-electron chi connectivity index (χ1n) is 7.59. The summed E-state index contributed by atoms with van der Waals surface area (Å²) in [7, 11) is 1.81. The Hall–Kier alpha value is -1.55. The van der Waals surface area contributed by atoms with E-state index in [9.17, 15) is 4.79 Å². The van der Waals surface area contributed by atoms with Crippen LogP contribution in [-0.4, -0.2) is 31.8 Å². The van der Waals surface area contributed by atoms with Crippen molar-refractivity contribution in [2.45, 2.75) is 39.2 Å². The molecule has 0 aliphatic heterocycles. The van der Waals surface area contributed by atoms with Crippen LogP contribution in [-0.2, 0) is 9.53 Å². The molecule has 0 radical (unpaired) electrons. The molecule has 1 N–H and O–H groups in total. The number of esters is 1. The molecule has 1 aromatic carbocycles. The number of aryl methyl sites for hydroxylation is 2. The minimum Gasteiger partial charge on any atom is -0.491 e. The summed E-state index contributed by atoms with van der Waals surface area (Å²) in [5.41, 5.74) is 1.49. The first-order valence-corrected chi connectivity index (χ1v) is 7.59. The molecule has 1 aromatic rings. The summed E-state index contributed by atoms with van der Waals surface area (Å²) in [5, 5.41) is 3.17. The monoisotopic (exact) mass is 291 g/mol. The van der Waals surface area contributed by atoms with Gasteiger partial charge in [-0.3, -0.25) is 0 Å². The highest BCUT2D eigenvalue weighted by atomic mass is 16.5. The Bertz CT molecular complexity index is 511. The number of carbonyl (C=O) groups is 1. The van der Waals surface area contributed by atoms with Crippen LogP contribution in [0.2, 0.25) is 0 Å². The predicted octanol–water partition coefficient (Wildman–Crippen LogP) is 2.61. The third-order valence-electron chi connectivity index (χ3n) is 4.16. The van der Waals surface area contributed by atoms with Crippen LogP contribution in [0.15, 0.2) is 18.2 Å². The van der Waals surface area contributed by atoms with Crippen molar-refractivity contribution < 1.29 is 14.3 Å². The van der Waals surface area contributed by atoms with Crippen molar-refractivity contribution in [1.82, 2.24) is 5.32 Å². The minimum absolute atomic E-state index is 0.208. The molecule has 0 amide bonds. The average Bonchev–Trinajstić information content (AvgIpc) is 3.29. The van der Waals surface area contributed by atoms with Gasteiger partial charge in [0, 0.05) is 0 Å². The lowest BCUT2D eigenvalue weighted by Gasteiger charge is -2.31. The van der Waals surface area contributed by atoms with E-state index in [0.29, 0.717) is 19.1 Å². The number of benzene rings is 1. The average molecular weight is 291 g/mol.